The Morgan fingerprint density at radius 1 is 1.12 bits per heavy atom. The van der Waals surface area contributed by atoms with Crippen molar-refractivity contribution in [2.75, 3.05) is 33.4 Å². The van der Waals surface area contributed by atoms with Crippen molar-refractivity contribution in [2.45, 2.75) is 30.8 Å². The molecule has 176 valence electrons. The number of aliphatic hydroxyl groups is 1. The summed E-state index contributed by atoms with van der Waals surface area (Å²) >= 11 is 0. The van der Waals surface area contributed by atoms with E-state index in [0.717, 1.165) is 40.6 Å². The number of β-amino-alcohol motifs (C(OH)–C–C–N with tert-alkyl or cyclic N) is 1. The number of ether oxygens (including phenoxy) is 1. The highest BCUT2D eigenvalue weighted by Crippen LogP contribution is 2.25. The number of rotatable bonds is 9. The van der Waals surface area contributed by atoms with Crippen LogP contribution in [0.4, 0.5) is 0 Å². The Balaban J connectivity index is 1.29. The van der Waals surface area contributed by atoms with Crippen molar-refractivity contribution in [1.82, 2.24) is 4.90 Å². The van der Waals surface area contributed by atoms with E-state index < -0.39 is 16.2 Å². The second kappa shape index (κ2) is 10.2. The van der Waals surface area contributed by atoms with Gasteiger partial charge in [-0.1, -0.05) is 42.0 Å². The molecule has 0 radical (unpaired) electrons. The van der Waals surface area contributed by atoms with Crippen molar-refractivity contribution >= 4 is 20.9 Å². The van der Waals surface area contributed by atoms with Crippen molar-refractivity contribution in [3.63, 3.8) is 0 Å². The summed E-state index contributed by atoms with van der Waals surface area (Å²) < 4.78 is 35.5. The molecule has 2 unspecified atom stereocenters. The molecule has 0 spiro atoms. The van der Waals surface area contributed by atoms with E-state index in [-0.39, 0.29) is 17.4 Å². The number of hydrogen-bond donors (Lipinski definition) is 1. The van der Waals surface area contributed by atoms with Crippen molar-refractivity contribution in [2.24, 2.45) is 5.92 Å². The average Bonchev–Trinajstić information content (AvgIpc) is 3.25. The quantitative estimate of drug-likeness (QED) is 0.481. The van der Waals surface area contributed by atoms with E-state index in [1.807, 2.05) is 37.3 Å². The SMILES string of the molecule is COc1ccc2c(CC(O)CN3CCC(COS(=O)(=O)c4ccc(C)cc4)C3)cccc2c1. The van der Waals surface area contributed by atoms with Crippen molar-refractivity contribution in [1.29, 1.82) is 0 Å². The lowest BCUT2D eigenvalue weighted by Crippen LogP contribution is -2.32. The largest absolute Gasteiger partial charge is 0.497 e. The highest BCUT2D eigenvalue weighted by Gasteiger charge is 2.27. The van der Waals surface area contributed by atoms with E-state index in [4.69, 9.17) is 8.92 Å². The summed E-state index contributed by atoms with van der Waals surface area (Å²) in [5.74, 6) is 0.942. The summed E-state index contributed by atoms with van der Waals surface area (Å²) in [5.41, 5.74) is 2.10. The van der Waals surface area contributed by atoms with Crippen LogP contribution in [-0.2, 0) is 20.7 Å². The Morgan fingerprint density at radius 3 is 2.67 bits per heavy atom. The first kappa shape index (κ1) is 23.7. The van der Waals surface area contributed by atoms with E-state index in [0.29, 0.717) is 19.5 Å². The lowest BCUT2D eigenvalue weighted by atomic mass is 9.99. The summed E-state index contributed by atoms with van der Waals surface area (Å²) in [4.78, 5) is 2.37. The van der Waals surface area contributed by atoms with Gasteiger partial charge in [0.05, 0.1) is 24.7 Å². The fourth-order valence-corrected chi connectivity index (χ4v) is 5.40. The molecule has 33 heavy (non-hydrogen) atoms. The number of benzene rings is 3. The molecule has 1 fully saturated rings. The van der Waals surface area contributed by atoms with Crippen molar-refractivity contribution < 1.29 is 22.4 Å². The molecule has 0 saturated carbocycles. The minimum absolute atomic E-state index is 0.127. The van der Waals surface area contributed by atoms with Gasteiger partial charge in [0.2, 0.25) is 0 Å². The van der Waals surface area contributed by atoms with Gasteiger partial charge in [-0.2, -0.15) is 8.42 Å². The molecule has 3 aromatic carbocycles. The minimum Gasteiger partial charge on any atom is -0.497 e. The lowest BCUT2D eigenvalue weighted by molar-refractivity contribution is 0.121. The van der Waals surface area contributed by atoms with Gasteiger partial charge in [-0.05, 0) is 66.4 Å². The van der Waals surface area contributed by atoms with Gasteiger partial charge in [0.25, 0.3) is 10.1 Å². The lowest BCUT2D eigenvalue weighted by Gasteiger charge is -2.21. The Morgan fingerprint density at radius 2 is 1.91 bits per heavy atom. The van der Waals surface area contributed by atoms with E-state index in [1.54, 1.807) is 31.4 Å². The second-order valence-corrected chi connectivity index (χ2v) is 10.4. The molecule has 0 aliphatic carbocycles. The monoisotopic (exact) mass is 469 g/mol. The topological polar surface area (TPSA) is 76.1 Å². The smallest absolute Gasteiger partial charge is 0.296 e. The predicted octanol–water partition coefficient (Wildman–Crippen LogP) is 3.79. The summed E-state index contributed by atoms with van der Waals surface area (Å²) in [6.07, 6.45) is 0.904. The van der Waals surface area contributed by atoms with Gasteiger partial charge in [-0.15, -0.1) is 0 Å². The van der Waals surface area contributed by atoms with Crippen LogP contribution in [0.3, 0.4) is 0 Å². The van der Waals surface area contributed by atoms with Crippen LogP contribution < -0.4 is 4.74 Å². The number of hydrogen-bond acceptors (Lipinski definition) is 6. The molecule has 2 atom stereocenters. The van der Waals surface area contributed by atoms with Gasteiger partial charge < -0.3 is 14.7 Å². The summed E-state index contributed by atoms with van der Waals surface area (Å²) in [5, 5.41) is 13.0. The minimum atomic E-state index is -3.75. The third kappa shape index (κ3) is 5.92. The van der Waals surface area contributed by atoms with Crippen LogP contribution in [0.25, 0.3) is 10.8 Å². The molecule has 0 bridgehead atoms. The van der Waals surface area contributed by atoms with Gasteiger partial charge in [0, 0.05) is 19.5 Å². The van der Waals surface area contributed by atoms with E-state index in [1.165, 1.54) is 0 Å². The zero-order valence-electron chi connectivity index (χ0n) is 19.1. The molecule has 1 aliphatic heterocycles. The first-order chi connectivity index (χ1) is 15.8. The number of aryl methyl sites for hydroxylation is 1. The molecule has 1 saturated heterocycles. The molecule has 0 amide bonds. The molecular formula is C26H31NO5S. The maximum absolute atomic E-state index is 12.4. The molecule has 3 aromatic rings. The first-order valence-corrected chi connectivity index (χ1v) is 12.7. The van der Waals surface area contributed by atoms with Gasteiger partial charge in [-0.3, -0.25) is 4.18 Å². The Hall–Kier alpha value is -2.45. The molecule has 1 aliphatic rings. The summed E-state index contributed by atoms with van der Waals surface area (Å²) in [7, 11) is -2.09. The van der Waals surface area contributed by atoms with E-state index >= 15 is 0 Å². The number of aliphatic hydroxyl groups excluding tert-OH is 1. The van der Waals surface area contributed by atoms with E-state index in [9.17, 15) is 13.5 Å². The zero-order valence-corrected chi connectivity index (χ0v) is 19.9. The number of nitrogens with zero attached hydrogens (tertiary/aromatic N) is 1. The van der Waals surface area contributed by atoms with Gasteiger partial charge in [0.1, 0.15) is 5.75 Å². The van der Waals surface area contributed by atoms with Crippen LogP contribution in [0, 0.1) is 12.8 Å². The average molecular weight is 470 g/mol. The molecule has 1 heterocycles. The van der Waals surface area contributed by atoms with Crippen LogP contribution in [0.15, 0.2) is 65.6 Å². The van der Waals surface area contributed by atoms with Crippen LogP contribution in [-0.4, -0.2) is 57.9 Å². The molecule has 6 nitrogen and oxygen atoms in total. The normalized spacial score (nSPS) is 18.0. The summed E-state index contributed by atoms with van der Waals surface area (Å²) in [6, 6.07) is 18.8. The van der Waals surface area contributed by atoms with Crippen molar-refractivity contribution in [3.8, 4) is 5.75 Å². The third-order valence-corrected chi connectivity index (χ3v) is 7.54. The van der Waals surface area contributed by atoms with Crippen LogP contribution in [0.2, 0.25) is 0 Å². The second-order valence-electron chi connectivity index (χ2n) is 8.83. The standard InChI is InChI=1S/C26H31NO5S/c1-19-6-9-25(10-7-19)33(29,30)32-18-20-12-13-27(16-20)17-23(28)14-21-4-3-5-22-15-24(31-2)8-11-26(21)22/h3-11,15,20,23,28H,12-14,16-18H2,1-2H3. The number of likely N-dealkylation sites (tertiary alicyclic amines) is 1. The zero-order chi connectivity index (χ0) is 23.4. The first-order valence-electron chi connectivity index (χ1n) is 11.3. The Bertz CT molecular complexity index is 1190. The highest BCUT2D eigenvalue weighted by atomic mass is 32.2. The Kier molecular flexibility index (Phi) is 7.34. The van der Waals surface area contributed by atoms with E-state index in [2.05, 4.69) is 11.0 Å². The van der Waals surface area contributed by atoms with Gasteiger partial charge >= 0.3 is 0 Å². The number of fused-ring (bicyclic) bond motifs is 1. The third-order valence-electron chi connectivity index (χ3n) is 6.24. The van der Waals surface area contributed by atoms with Crippen LogP contribution >= 0.6 is 0 Å². The predicted molar refractivity (Wildman–Crippen MR) is 129 cm³/mol. The maximum atomic E-state index is 12.4. The van der Waals surface area contributed by atoms with Crippen LogP contribution in [0.1, 0.15) is 17.5 Å². The molecule has 0 aromatic heterocycles. The molecule has 7 heteroatoms. The van der Waals surface area contributed by atoms with Gasteiger partial charge in [0.15, 0.2) is 0 Å². The Labute approximate surface area is 195 Å². The molecule has 1 N–H and O–H groups in total. The fourth-order valence-electron chi connectivity index (χ4n) is 4.42. The van der Waals surface area contributed by atoms with Gasteiger partial charge in [-0.25, -0.2) is 0 Å². The van der Waals surface area contributed by atoms with Crippen LogP contribution in [0.5, 0.6) is 5.75 Å². The maximum Gasteiger partial charge on any atom is 0.296 e. The molecular weight excluding hydrogens is 438 g/mol. The highest BCUT2D eigenvalue weighted by molar-refractivity contribution is 7.86. The fraction of sp³-hybridized carbons (Fsp3) is 0.385. The van der Waals surface area contributed by atoms with Crippen molar-refractivity contribution in [3.05, 3.63) is 71.8 Å². The summed E-state index contributed by atoms with van der Waals surface area (Å²) in [6.45, 7) is 4.16. The molecule has 4 rings (SSSR count). The number of methoxy groups -OCH3 is 1.